The first-order valence-corrected chi connectivity index (χ1v) is 6.58. The highest BCUT2D eigenvalue weighted by atomic mass is 32.2. The lowest BCUT2D eigenvalue weighted by Gasteiger charge is -2.11. The van der Waals surface area contributed by atoms with Gasteiger partial charge in [-0.3, -0.25) is 15.1 Å². The molecule has 1 aromatic carbocycles. The average molecular weight is 277 g/mol. The minimum Gasteiger partial charge on any atom is -0.391 e. The summed E-state index contributed by atoms with van der Waals surface area (Å²) in [5.41, 5.74) is 0.739. The highest BCUT2D eigenvalue weighted by Gasteiger charge is 2.33. The summed E-state index contributed by atoms with van der Waals surface area (Å²) in [6.45, 7) is 0.576. The number of nitro benzene ring substituents is 1. The van der Waals surface area contributed by atoms with Crippen LogP contribution in [0.4, 0.5) is 5.69 Å². The van der Waals surface area contributed by atoms with E-state index in [9.17, 15) is 10.1 Å². The molecule has 0 saturated carbocycles. The molecule has 2 heterocycles. The molecule has 1 unspecified atom stereocenters. The maximum Gasteiger partial charge on any atom is 0.274 e. The van der Waals surface area contributed by atoms with Crippen LogP contribution in [0.5, 0.6) is 0 Å². The molecule has 0 saturated heterocycles. The monoisotopic (exact) mass is 277 g/mol. The van der Waals surface area contributed by atoms with Gasteiger partial charge in [0.15, 0.2) is 5.17 Å². The van der Waals surface area contributed by atoms with Crippen LogP contribution in [0.15, 0.2) is 40.4 Å². The van der Waals surface area contributed by atoms with Gasteiger partial charge in [0.1, 0.15) is 6.04 Å². The molecule has 0 aliphatic carbocycles. The number of fused-ring (bicyclic) bond motifs is 1. The van der Waals surface area contributed by atoms with E-state index in [1.807, 2.05) is 11.1 Å². The molecule has 0 bridgehead atoms. The number of para-hydroxylation sites is 1. The summed E-state index contributed by atoms with van der Waals surface area (Å²) < 4.78 is 0. The molecule has 1 N–H and O–H groups in total. The van der Waals surface area contributed by atoms with Gasteiger partial charge in [-0.25, -0.2) is 0 Å². The summed E-state index contributed by atoms with van der Waals surface area (Å²) in [5.74, 6) is 0. The second-order valence-electron chi connectivity index (χ2n) is 4.25. The highest BCUT2D eigenvalue weighted by molar-refractivity contribution is 8.17. The molecule has 98 valence electrons. The fourth-order valence-corrected chi connectivity index (χ4v) is 3.10. The molecule has 1 aromatic rings. The van der Waals surface area contributed by atoms with Gasteiger partial charge >= 0.3 is 0 Å². The van der Waals surface area contributed by atoms with Crippen molar-refractivity contribution < 1.29 is 10.0 Å². The molecule has 0 radical (unpaired) electrons. The molecule has 0 aromatic heterocycles. The van der Waals surface area contributed by atoms with Crippen molar-refractivity contribution in [1.29, 1.82) is 0 Å². The molecule has 2 aliphatic heterocycles. The predicted molar refractivity (Wildman–Crippen MR) is 72.7 cm³/mol. The number of hydrogen-bond donors (Lipinski definition) is 1. The standard InChI is InChI=1S/C12H11N3O3S/c16-7-8-5-14-6-10(13-12(14)19-8)9-3-1-2-4-11(9)15(17)18/h1-5,10,16H,6-7H2. The largest absolute Gasteiger partial charge is 0.391 e. The number of aliphatic imine (C=N–C) groups is 1. The lowest BCUT2D eigenvalue weighted by atomic mass is 10.1. The van der Waals surface area contributed by atoms with Crippen LogP contribution in [0.25, 0.3) is 0 Å². The van der Waals surface area contributed by atoms with E-state index in [-0.39, 0.29) is 23.3 Å². The van der Waals surface area contributed by atoms with E-state index in [1.54, 1.807) is 18.2 Å². The molecule has 19 heavy (non-hydrogen) atoms. The van der Waals surface area contributed by atoms with Crippen LogP contribution >= 0.6 is 11.8 Å². The van der Waals surface area contributed by atoms with Gasteiger partial charge in [0.2, 0.25) is 0 Å². The van der Waals surface area contributed by atoms with Crippen molar-refractivity contribution in [2.75, 3.05) is 13.2 Å². The number of hydrogen-bond acceptors (Lipinski definition) is 6. The summed E-state index contributed by atoms with van der Waals surface area (Å²) in [6.07, 6.45) is 1.85. The molecule has 3 rings (SSSR count). The topological polar surface area (TPSA) is 79.0 Å². The second kappa shape index (κ2) is 4.67. The Labute approximate surface area is 113 Å². The molecule has 0 spiro atoms. The first-order chi connectivity index (χ1) is 9.19. The minimum absolute atomic E-state index is 0.00363. The van der Waals surface area contributed by atoms with Crippen molar-refractivity contribution >= 4 is 22.6 Å². The van der Waals surface area contributed by atoms with Crippen molar-refractivity contribution in [1.82, 2.24) is 4.90 Å². The van der Waals surface area contributed by atoms with Gasteiger partial charge in [-0.2, -0.15) is 0 Å². The number of rotatable bonds is 3. The smallest absolute Gasteiger partial charge is 0.274 e. The van der Waals surface area contributed by atoms with Crippen LogP contribution in [0.1, 0.15) is 11.6 Å². The van der Waals surface area contributed by atoms with E-state index in [0.29, 0.717) is 12.1 Å². The zero-order chi connectivity index (χ0) is 13.4. The van der Waals surface area contributed by atoms with E-state index in [0.717, 1.165) is 10.1 Å². The zero-order valence-electron chi connectivity index (χ0n) is 9.89. The van der Waals surface area contributed by atoms with Crippen molar-refractivity contribution in [2.45, 2.75) is 6.04 Å². The third-order valence-corrected chi connectivity index (χ3v) is 4.07. The predicted octanol–water partition coefficient (Wildman–Crippen LogP) is 1.89. The van der Waals surface area contributed by atoms with E-state index in [4.69, 9.17) is 5.11 Å². The van der Waals surface area contributed by atoms with Crippen LogP contribution in [-0.4, -0.2) is 33.2 Å². The van der Waals surface area contributed by atoms with Gasteiger partial charge in [-0.1, -0.05) is 23.9 Å². The molecule has 0 amide bonds. The van der Waals surface area contributed by atoms with Crippen molar-refractivity contribution in [2.24, 2.45) is 4.99 Å². The van der Waals surface area contributed by atoms with Crippen LogP contribution in [0.3, 0.4) is 0 Å². The minimum atomic E-state index is -0.374. The Morgan fingerprint density at radius 3 is 3.00 bits per heavy atom. The lowest BCUT2D eigenvalue weighted by Crippen LogP contribution is -2.16. The quantitative estimate of drug-likeness (QED) is 0.674. The van der Waals surface area contributed by atoms with E-state index >= 15 is 0 Å². The van der Waals surface area contributed by atoms with Crippen molar-refractivity contribution in [3.05, 3.63) is 51.0 Å². The normalized spacial score (nSPS) is 21.1. The molecule has 7 heteroatoms. The van der Waals surface area contributed by atoms with Gasteiger partial charge in [0.25, 0.3) is 5.69 Å². The molecule has 0 fully saturated rings. The Hall–Kier alpha value is -1.86. The summed E-state index contributed by atoms with van der Waals surface area (Å²) >= 11 is 1.41. The summed E-state index contributed by atoms with van der Waals surface area (Å²) in [4.78, 5) is 17.9. The number of amidine groups is 1. The molecule has 1 atom stereocenters. The molecular weight excluding hydrogens is 266 g/mol. The highest BCUT2D eigenvalue weighted by Crippen LogP contribution is 2.39. The Bertz CT molecular complexity index is 600. The average Bonchev–Trinajstić information content (AvgIpc) is 2.96. The maximum absolute atomic E-state index is 11.0. The van der Waals surface area contributed by atoms with Gasteiger partial charge < -0.3 is 10.0 Å². The number of benzene rings is 1. The third kappa shape index (κ3) is 2.11. The number of nitro groups is 1. The first kappa shape index (κ1) is 12.2. The second-order valence-corrected chi connectivity index (χ2v) is 5.34. The fourth-order valence-electron chi connectivity index (χ4n) is 2.20. The first-order valence-electron chi connectivity index (χ1n) is 5.76. The van der Waals surface area contributed by atoms with Gasteiger partial charge in [0.05, 0.1) is 23.6 Å². The Balaban J connectivity index is 1.88. The maximum atomic E-state index is 11.0. The number of aliphatic hydroxyl groups excluding tert-OH is 1. The van der Waals surface area contributed by atoms with Crippen LogP contribution in [0.2, 0.25) is 0 Å². The van der Waals surface area contributed by atoms with Crippen molar-refractivity contribution in [3.63, 3.8) is 0 Å². The Morgan fingerprint density at radius 1 is 1.53 bits per heavy atom. The van der Waals surface area contributed by atoms with Crippen molar-refractivity contribution in [3.8, 4) is 0 Å². The lowest BCUT2D eigenvalue weighted by molar-refractivity contribution is -0.385. The summed E-state index contributed by atoms with van der Waals surface area (Å²) in [7, 11) is 0. The van der Waals surface area contributed by atoms with Gasteiger partial charge in [-0.05, 0) is 6.07 Å². The molecule has 2 aliphatic rings. The van der Waals surface area contributed by atoms with E-state index in [1.165, 1.54) is 17.8 Å². The number of thioether (sulfide) groups is 1. The molecule has 6 nitrogen and oxygen atoms in total. The number of aliphatic hydroxyl groups is 1. The van der Waals surface area contributed by atoms with E-state index < -0.39 is 0 Å². The Kier molecular flexibility index (Phi) is 3.00. The number of nitrogens with zero attached hydrogens (tertiary/aromatic N) is 3. The van der Waals surface area contributed by atoms with E-state index in [2.05, 4.69) is 4.99 Å². The summed E-state index contributed by atoms with van der Waals surface area (Å²) in [6, 6.07) is 6.47. The third-order valence-electron chi connectivity index (χ3n) is 3.05. The van der Waals surface area contributed by atoms with Crippen LogP contribution in [0, 0.1) is 10.1 Å². The zero-order valence-corrected chi connectivity index (χ0v) is 10.7. The Morgan fingerprint density at radius 2 is 2.32 bits per heavy atom. The summed E-state index contributed by atoms with van der Waals surface area (Å²) in [5, 5.41) is 20.9. The van der Waals surface area contributed by atoms with Crippen LogP contribution < -0.4 is 0 Å². The molecular formula is C12H11N3O3S. The SMILES string of the molecule is O=[N+]([O-])c1ccccc1C1CN2C=C(CO)SC2=N1. The van der Waals surface area contributed by atoms with Crippen LogP contribution in [-0.2, 0) is 0 Å². The van der Waals surface area contributed by atoms with Gasteiger partial charge in [-0.15, -0.1) is 0 Å². The van der Waals surface area contributed by atoms with Gasteiger partial charge in [0, 0.05) is 17.2 Å². The fraction of sp³-hybridized carbons (Fsp3) is 0.250.